The minimum absolute atomic E-state index is 0.655. The Balaban J connectivity index is 1.06. The average molecular weight is 769 g/mol. The lowest BCUT2D eigenvalue weighted by Gasteiger charge is -2.14. The fourth-order valence-electron chi connectivity index (χ4n) is 9.53. The molecule has 0 unspecified atom stereocenters. The van der Waals surface area contributed by atoms with E-state index < -0.39 is 0 Å². The lowest BCUT2D eigenvalue weighted by molar-refractivity contribution is 1.01. The lowest BCUT2D eigenvalue weighted by Crippen LogP contribution is -2.03. The van der Waals surface area contributed by atoms with Crippen LogP contribution < -0.4 is 0 Å². The predicted molar refractivity (Wildman–Crippen MR) is 249 cm³/mol. The van der Waals surface area contributed by atoms with Gasteiger partial charge in [0.1, 0.15) is 0 Å². The molecule has 0 aliphatic rings. The first-order valence-corrected chi connectivity index (χ1v) is 20.8. The first-order valence-electron chi connectivity index (χ1n) is 20.0. The topological polar surface area (TPSA) is 35.6 Å². The predicted octanol–water partition coefficient (Wildman–Crippen LogP) is 14.7. The number of para-hydroxylation sites is 3. The third-order valence-corrected chi connectivity index (χ3v) is 13.2. The van der Waals surface area contributed by atoms with Crippen molar-refractivity contribution in [3.63, 3.8) is 0 Å². The van der Waals surface area contributed by atoms with Gasteiger partial charge in [-0.3, -0.25) is 4.57 Å². The fraction of sp³-hybridized carbons (Fsp3) is 0. The van der Waals surface area contributed by atoms with Crippen LogP contribution in [0.1, 0.15) is 0 Å². The SMILES string of the molecule is c1ccc(-c2ccc3c4ccccc4n(-c4ccc5c(c4)c4ccccc4n5-c4nc(-c5cc6sc7ccccc7c6c6ccccc56)c5ccccc5n4)c3c2)cc1. The molecule has 13 aromatic rings. The van der Waals surface area contributed by atoms with Crippen molar-refractivity contribution in [2.75, 3.05) is 0 Å². The van der Waals surface area contributed by atoms with Gasteiger partial charge in [0.25, 0.3) is 0 Å². The van der Waals surface area contributed by atoms with Crippen LogP contribution in [0, 0.1) is 0 Å². The Labute approximate surface area is 342 Å². The van der Waals surface area contributed by atoms with Gasteiger partial charge in [-0.25, -0.2) is 9.97 Å². The zero-order valence-electron chi connectivity index (χ0n) is 31.7. The van der Waals surface area contributed by atoms with E-state index in [-0.39, 0.29) is 0 Å². The van der Waals surface area contributed by atoms with Crippen molar-refractivity contribution in [2.24, 2.45) is 0 Å². The first-order chi connectivity index (χ1) is 29.3. The Kier molecular flexibility index (Phi) is 6.85. The number of thiophene rings is 1. The van der Waals surface area contributed by atoms with E-state index in [0.717, 1.165) is 49.7 Å². The highest BCUT2D eigenvalue weighted by molar-refractivity contribution is 7.26. The van der Waals surface area contributed by atoms with Crippen LogP contribution in [-0.4, -0.2) is 19.1 Å². The van der Waals surface area contributed by atoms with Crippen molar-refractivity contribution in [1.82, 2.24) is 19.1 Å². The minimum atomic E-state index is 0.655. The summed E-state index contributed by atoms with van der Waals surface area (Å²) in [4.78, 5) is 10.9. The van der Waals surface area contributed by atoms with Gasteiger partial charge in [0.05, 0.1) is 33.3 Å². The van der Waals surface area contributed by atoms with Crippen LogP contribution in [0.15, 0.2) is 194 Å². The molecular formula is C54H32N4S. The second-order valence-corrected chi connectivity index (χ2v) is 16.4. The second kappa shape index (κ2) is 12.4. The standard InChI is InChI=1S/C54H32N4S/c1-2-14-33(15-3-1)34-26-28-39-37-17-7-11-23-46(37)57(49(39)30-34)35-27-29-48-43(31-35)38-18-8-12-24-47(38)58(48)54-55-45-22-10-6-20-41(45)53(56-54)44-32-51-52(40-19-5-4-16-36(40)44)42-21-9-13-25-50(42)59-51/h1-32H. The van der Waals surface area contributed by atoms with Crippen LogP contribution in [0.3, 0.4) is 0 Å². The molecule has 5 heteroatoms. The lowest BCUT2D eigenvalue weighted by atomic mass is 9.96. The van der Waals surface area contributed by atoms with E-state index in [1.54, 1.807) is 0 Å². The van der Waals surface area contributed by atoms with Crippen LogP contribution in [0.4, 0.5) is 0 Å². The number of benzene rings is 9. The van der Waals surface area contributed by atoms with Crippen molar-refractivity contribution in [3.8, 4) is 34.0 Å². The summed E-state index contributed by atoms with van der Waals surface area (Å²) in [7, 11) is 0. The molecule has 4 nitrogen and oxygen atoms in total. The molecule has 0 atom stereocenters. The van der Waals surface area contributed by atoms with E-state index >= 15 is 0 Å². The maximum Gasteiger partial charge on any atom is 0.235 e. The van der Waals surface area contributed by atoms with Crippen LogP contribution in [0.25, 0.3) is 119 Å². The van der Waals surface area contributed by atoms with E-state index in [1.807, 2.05) is 11.3 Å². The summed E-state index contributed by atoms with van der Waals surface area (Å²) in [5.41, 5.74) is 11.0. The van der Waals surface area contributed by atoms with Crippen molar-refractivity contribution in [1.29, 1.82) is 0 Å². The zero-order chi connectivity index (χ0) is 38.6. The molecule has 9 aromatic carbocycles. The van der Waals surface area contributed by atoms with E-state index in [9.17, 15) is 0 Å². The van der Waals surface area contributed by atoms with Crippen molar-refractivity contribution in [2.45, 2.75) is 0 Å². The molecule has 0 N–H and O–H groups in total. The molecule has 0 radical (unpaired) electrons. The Morgan fingerprint density at radius 3 is 1.81 bits per heavy atom. The van der Waals surface area contributed by atoms with E-state index in [2.05, 4.69) is 203 Å². The molecule has 0 saturated heterocycles. The maximum absolute atomic E-state index is 5.57. The van der Waals surface area contributed by atoms with Gasteiger partial charge in [0.15, 0.2) is 0 Å². The summed E-state index contributed by atoms with van der Waals surface area (Å²) in [5, 5.41) is 10.9. The van der Waals surface area contributed by atoms with Gasteiger partial charge in [-0.2, -0.15) is 0 Å². The minimum Gasteiger partial charge on any atom is -0.309 e. The first kappa shape index (κ1) is 32.5. The van der Waals surface area contributed by atoms with Gasteiger partial charge in [-0.1, -0.05) is 140 Å². The molecule has 274 valence electrons. The smallest absolute Gasteiger partial charge is 0.235 e. The van der Waals surface area contributed by atoms with E-state index in [4.69, 9.17) is 9.97 Å². The van der Waals surface area contributed by atoms with Crippen LogP contribution in [0.5, 0.6) is 0 Å². The number of nitrogens with zero attached hydrogens (tertiary/aromatic N) is 4. The van der Waals surface area contributed by atoms with Gasteiger partial charge in [0, 0.05) is 58.4 Å². The summed E-state index contributed by atoms with van der Waals surface area (Å²) in [6.07, 6.45) is 0. The highest BCUT2D eigenvalue weighted by atomic mass is 32.1. The number of hydrogen-bond donors (Lipinski definition) is 0. The van der Waals surface area contributed by atoms with E-state index in [0.29, 0.717) is 5.95 Å². The average Bonchev–Trinajstić information content (AvgIpc) is 3.96. The summed E-state index contributed by atoms with van der Waals surface area (Å²) < 4.78 is 7.22. The summed E-state index contributed by atoms with van der Waals surface area (Å²) in [6.45, 7) is 0. The van der Waals surface area contributed by atoms with Crippen LogP contribution in [-0.2, 0) is 0 Å². The molecule has 0 amide bonds. The molecule has 4 heterocycles. The number of hydrogen-bond acceptors (Lipinski definition) is 3. The molecule has 0 spiro atoms. The van der Waals surface area contributed by atoms with Crippen LogP contribution >= 0.6 is 11.3 Å². The Morgan fingerprint density at radius 1 is 0.356 bits per heavy atom. The van der Waals surface area contributed by atoms with Gasteiger partial charge in [0.2, 0.25) is 5.95 Å². The van der Waals surface area contributed by atoms with Crippen molar-refractivity contribution in [3.05, 3.63) is 194 Å². The third kappa shape index (κ3) is 4.77. The van der Waals surface area contributed by atoms with Gasteiger partial charge in [-0.15, -0.1) is 11.3 Å². The molecule has 0 bridgehead atoms. The monoisotopic (exact) mass is 768 g/mol. The molecular weight excluding hydrogens is 737 g/mol. The number of rotatable bonds is 4. The quantitative estimate of drug-likeness (QED) is 0.179. The highest BCUT2D eigenvalue weighted by Crippen LogP contribution is 2.44. The highest BCUT2D eigenvalue weighted by Gasteiger charge is 2.21. The fourth-order valence-corrected chi connectivity index (χ4v) is 10.7. The van der Waals surface area contributed by atoms with Gasteiger partial charge < -0.3 is 4.57 Å². The summed E-state index contributed by atoms with van der Waals surface area (Å²) in [5.74, 6) is 0.655. The number of fused-ring (bicyclic) bond motifs is 12. The summed E-state index contributed by atoms with van der Waals surface area (Å²) in [6, 6.07) is 70.1. The largest absolute Gasteiger partial charge is 0.309 e. The third-order valence-electron chi connectivity index (χ3n) is 12.1. The molecule has 0 aliphatic heterocycles. The number of aromatic nitrogens is 4. The molecule has 59 heavy (non-hydrogen) atoms. The normalized spacial score (nSPS) is 12.1. The van der Waals surface area contributed by atoms with Crippen molar-refractivity contribution < 1.29 is 0 Å². The Hall–Kier alpha value is -7.60. The zero-order valence-corrected chi connectivity index (χ0v) is 32.5. The molecule has 0 aliphatic carbocycles. The van der Waals surface area contributed by atoms with Gasteiger partial charge in [-0.05, 0) is 76.5 Å². The molecule has 0 saturated carbocycles. The van der Waals surface area contributed by atoms with Crippen molar-refractivity contribution >= 4 is 96.8 Å². The maximum atomic E-state index is 5.57. The molecule has 4 aromatic heterocycles. The van der Waals surface area contributed by atoms with E-state index in [1.165, 1.54) is 63.9 Å². The Bertz CT molecular complexity index is 3850. The molecule has 13 rings (SSSR count). The Morgan fingerprint density at radius 2 is 0.983 bits per heavy atom. The van der Waals surface area contributed by atoms with Gasteiger partial charge >= 0.3 is 0 Å². The van der Waals surface area contributed by atoms with Crippen LogP contribution in [0.2, 0.25) is 0 Å². The summed E-state index contributed by atoms with van der Waals surface area (Å²) >= 11 is 1.85. The second-order valence-electron chi connectivity index (χ2n) is 15.3. The molecule has 0 fully saturated rings.